The van der Waals surface area contributed by atoms with Crippen molar-refractivity contribution >= 4 is 17.8 Å². The van der Waals surface area contributed by atoms with Crippen LogP contribution < -0.4 is 0 Å². The topological polar surface area (TPSA) is 74.7 Å². The lowest BCUT2D eigenvalue weighted by atomic mass is 9.82. The second kappa shape index (κ2) is 5.38. The van der Waals surface area contributed by atoms with Crippen molar-refractivity contribution in [3.8, 4) is 0 Å². The molecule has 0 aromatic rings. The minimum absolute atomic E-state index is 0.110. The zero-order valence-corrected chi connectivity index (χ0v) is 12.1. The lowest BCUT2D eigenvalue weighted by Gasteiger charge is -2.24. The number of likely N-dealkylation sites (tertiary alicyclic amines) is 1. The van der Waals surface area contributed by atoms with E-state index in [1.807, 2.05) is 26.8 Å². The van der Waals surface area contributed by atoms with Crippen molar-refractivity contribution in [1.82, 2.24) is 4.90 Å². The molecule has 0 bridgehead atoms. The summed E-state index contributed by atoms with van der Waals surface area (Å²) < 4.78 is 0. The first-order valence-electron chi connectivity index (χ1n) is 7.08. The van der Waals surface area contributed by atoms with Gasteiger partial charge in [-0.3, -0.25) is 14.5 Å². The van der Waals surface area contributed by atoms with Gasteiger partial charge in [0.15, 0.2) is 0 Å². The molecule has 20 heavy (non-hydrogen) atoms. The van der Waals surface area contributed by atoms with Crippen molar-refractivity contribution in [2.24, 2.45) is 17.8 Å². The van der Waals surface area contributed by atoms with E-state index in [2.05, 4.69) is 0 Å². The van der Waals surface area contributed by atoms with Gasteiger partial charge in [0.2, 0.25) is 11.8 Å². The normalized spacial score (nSPS) is 27.6. The van der Waals surface area contributed by atoms with Gasteiger partial charge in [-0.2, -0.15) is 0 Å². The molecule has 2 rings (SSSR count). The van der Waals surface area contributed by atoms with Crippen molar-refractivity contribution in [1.29, 1.82) is 0 Å². The standard InChI is InChI=1S/C15H21NO4/c1-8(2)6-12(15(19)20)16-13(17)10-5-4-9(3)7-11(10)14(16)18/h4,8,10-12H,5-7H2,1-3H3,(H,19,20)/t10-,11+,12+/m0/s1. The maximum atomic E-state index is 12.4. The van der Waals surface area contributed by atoms with E-state index >= 15 is 0 Å². The molecule has 1 saturated heterocycles. The quantitative estimate of drug-likeness (QED) is 0.629. The molecule has 5 heteroatoms. The van der Waals surface area contributed by atoms with E-state index < -0.39 is 12.0 Å². The van der Waals surface area contributed by atoms with Crippen molar-refractivity contribution in [2.45, 2.75) is 46.1 Å². The predicted octanol–water partition coefficient (Wildman–Crippen LogP) is 1.83. The predicted molar refractivity (Wildman–Crippen MR) is 72.7 cm³/mol. The van der Waals surface area contributed by atoms with Crippen LogP contribution in [0.1, 0.15) is 40.0 Å². The van der Waals surface area contributed by atoms with E-state index in [0.29, 0.717) is 19.3 Å². The lowest BCUT2D eigenvalue weighted by molar-refractivity contribution is -0.155. The van der Waals surface area contributed by atoms with Crippen LogP contribution in [0.5, 0.6) is 0 Å². The molecule has 110 valence electrons. The number of carboxylic acids is 1. The first kappa shape index (κ1) is 14.8. The molecule has 0 spiro atoms. The molecule has 1 aliphatic carbocycles. The molecular formula is C15H21NO4. The first-order valence-corrected chi connectivity index (χ1v) is 7.08. The second-order valence-corrected chi connectivity index (χ2v) is 6.23. The highest BCUT2D eigenvalue weighted by Crippen LogP contribution is 2.39. The van der Waals surface area contributed by atoms with E-state index in [4.69, 9.17) is 0 Å². The maximum Gasteiger partial charge on any atom is 0.326 e. The average Bonchev–Trinajstić information content (AvgIpc) is 2.58. The molecule has 2 aliphatic rings. The average molecular weight is 279 g/mol. The summed E-state index contributed by atoms with van der Waals surface area (Å²) in [4.78, 5) is 37.3. The Labute approximate surface area is 118 Å². The third-order valence-electron chi connectivity index (χ3n) is 4.15. The summed E-state index contributed by atoms with van der Waals surface area (Å²) in [6.45, 7) is 5.72. The molecule has 1 aliphatic heterocycles. The number of allylic oxidation sites excluding steroid dienone is 2. The van der Waals surface area contributed by atoms with Gasteiger partial charge in [-0.05, 0) is 32.1 Å². The minimum atomic E-state index is -1.09. The fourth-order valence-corrected chi connectivity index (χ4v) is 3.13. The molecule has 1 heterocycles. The molecular weight excluding hydrogens is 258 g/mol. The number of carboxylic acid groups (broad SMARTS) is 1. The van der Waals surface area contributed by atoms with Crippen molar-refractivity contribution < 1.29 is 19.5 Å². The lowest BCUT2D eigenvalue weighted by Crippen LogP contribution is -2.46. The summed E-state index contributed by atoms with van der Waals surface area (Å²) >= 11 is 0. The number of nitrogens with zero attached hydrogens (tertiary/aromatic N) is 1. The van der Waals surface area contributed by atoms with E-state index in [1.54, 1.807) is 0 Å². The van der Waals surface area contributed by atoms with Gasteiger partial charge in [0, 0.05) is 0 Å². The number of carbonyl (C=O) groups is 3. The van der Waals surface area contributed by atoms with Crippen molar-refractivity contribution in [2.75, 3.05) is 0 Å². The summed E-state index contributed by atoms with van der Waals surface area (Å²) in [6, 6.07) is -1.03. The molecule has 5 nitrogen and oxygen atoms in total. The number of imide groups is 1. The fourth-order valence-electron chi connectivity index (χ4n) is 3.13. The van der Waals surface area contributed by atoms with Gasteiger partial charge >= 0.3 is 5.97 Å². The highest BCUT2D eigenvalue weighted by Gasteiger charge is 2.51. The highest BCUT2D eigenvalue weighted by molar-refractivity contribution is 6.08. The number of hydrogen-bond acceptors (Lipinski definition) is 3. The summed E-state index contributed by atoms with van der Waals surface area (Å²) in [6.07, 6.45) is 3.40. The van der Waals surface area contributed by atoms with Gasteiger partial charge in [0.1, 0.15) is 6.04 Å². The van der Waals surface area contributed by atoms with Crippen LogP contribution in [-0.4, -0.2) is 33.8 Å². The molecule has 0 unspecified atom stereocenters. The number of amides is 2. The molecule has 0 aromatic heterocycles. The minimum Gasteiger partial charge on any atom is -0.480 e. The van der Waals surface area contributed by atoms with Crippen LogP contribution in [0, 0.1) is 17.8 Å². The van der Waals surface area contributed by atoms with Crippen LogP contribution in [0.25, 0.3) is 0 Å². The number of fused-ring (bicyclic) bond motifs is 1. The van der Waals surface area contributed by atoms with Gasteiger partial charge < -0.3 is 5.11 Å². The Balaban J connectivity index is 2.27. The Bertz CT molecular complexity index is 480. The number of carbonyl (C=O) groups excluding carboxylic acids is 2. The molecule has 0 radical (unpaired) electrons. The second-order valence-electron chi connectivity index (χ2n) is 6.23. The molecule has 1 N–H and O–H groups in total. The Kier molecular flexibility index (Phi) is 3.97. The molecule has 0 saturated carbocycles. The molecule has 2 amide bonds. The summed E-state index contributed by atoms with van der Waals surface area (Å²) in [5.74, 6) is -2.32. The van der Waals surface area contributed by atoms with Crippen molar-refractivity contribution in [3.63, 3.8) is 0 Å². The van der Waals surface area contributed by atoms with Gasteiger partial charge in [-0.15, -0.1) is 0 Å². The van der Waals surface area contributed by atoms with Gasteiger partial charge in [-0.25, -0.2) is 4.79 Å². The summed E-state index contributed by atoms with van der Waals surface area (Å²) in [7, 11) is 0. The first-order chi connectivity index (χ1) is 9.32. The SMILES string of the molecule is CC1=CC[C@@H]2C(=O)N([C@H](CC(C)C)C(=O)O)C(=O)[C@@H]2C1. The Morgan fingerprint density at radius 2 is 1.95 bits per heavy atom. The summed E-state index contributed by atoms with van der Waals surface area (Å²) in [5, 5.41) is 9.34. The van der Waals surface area contributed by atoms with Crippen LogP contribution in [0.4, 0.5) is 0 Å². The Morgan fingerprint density at radius 1 is 1.35 bits per heavy atom. The number of hydrogen-bond donors (Lipinski definition) is 1. The molecule has 0 aromatic carbocycles. The van der Waals surface area contributed by atoms with Crippen LogP contribution in [-0.2, 0) is 14.4 Å². The monoisotopic (exact) mass is 279 g/mol. The maximum absolute atomic E-state index is 12.4. The fraction of sp³-hybridized carbons (Fsp3) is 0.667. The van der Waals surface area contributed by atoms with Crippen LogP contribution >= 0.6 is 0 Å². The number of aliphatic carboxylic acids is 1. The van der Waals surface area contributed by atoms with Gasteiger partial charge in [-0.1, -0.05) is 25.5 Å². The van der Waals surface area contributed by atoms with E-state index in [9.17, 15) is 19.5 Å². The Morgan fingerprint density at radius 3 is 2.50 bits per heavy atom. The van der Waals surface area contributed by atoms with Gasteiger partial charge in [0.25, 0.3) is 0 Å². The number of rotatable bonds is 4. The Hall–Kier alpha value is -1.65. The largest absolute Gasteiger partial charge is 0.480 e. The third kappa shape index (κ3) is 2.49. The van der Waals surface area contributed by atoms with E-state index in [-0.39, 0.29) is 29.6 Å². The van der Waals surface area contributed by atoms with E-state index in [0.717, 1.165) is 10.5 Å². The zero-order chi connectivity index (χ0) is 15.0. The van der Waals surface area contributed by atoms with E-state index in [1.165, 1.54) is 0 Å². The van der Waals surface area contributed by atoms with Crippen LogP contribution in [0.2, 0.25) is 0 Å². The molecule has 1 fully saturated rings. The highest BCUT2D eigenvalue weighted by atomic mass is 16.4. The van der Waals surface area contributed by atoms with Crippen LogP contribution in [0.15, 0.2) is 11.6 Å². The molecule has 3 atom stereocenters. The van der Waals surface area contributed by atoms with Gasteiger partial charge in [0.05, 0.1) is 11.8 Å². The third-order valence-corrected chi connectivity index (χ3v) is 4.15. The van der Waals surface area contributed by atoms with Crippen LogP contribution in [0.3, 0.4) is 0 Å². The summed E-state index contributed by atoms with van der Waals surface area (Å²) in [5.41, 5.74) is 1.10. The van der Waals surface area contributed by atoms with Crippen molar-refractivity contribution in [3.05, 3.63) is 11.6 Å². The smallest absolute Gasteiger partial charge is 0.326 e. The zero-order valence-electron chi connectivity index (χ0n) is 12.1.